The predicted octanol–water partition coefficient (Wildman–Crippen LogP) is 1.52. The van der Waals surface area contributed by atoms with Crippen molar-refractivity contribution >= 4 is 35.6 Å². The number of aliphatic imine (C=N–C) groups is 1. The minimum absolute atomic E-state index is 0.273. The minimum Gasteiger partial charge on any atom is -0.431 e. The molecule has 0 spiro atoms. The first kappa shape index (κ1) is 6.70. The standard InChI is InChI=1S/C4H4N2OS2/c8-4(9)6-3-5-1-2-7-3/h1-2H,(H2,5,6,8,9). The zero-order valence-corrected chi connectivity index (χ0v) is 6.14. The summed E-state index contributed by atoms with van der Waals surface area (Å²) in [5.41, 5.74) is 0. The highest BCUT2D eigenvalue weighted by atomic mass is 32.2. The van der Waals surface area contributed by atoms with Crippen LogP contribution in [0.15, 0.2) is 21.9 Å². The summed E-state index contributed by atoms with van der Waals surface area (Å²) in [5, 5.41) is 0. The number of rotatable bonds is 1. The first-order valence-electron chi connectivity index (χ1n) is 2.15. The summed E-state index contributed by atoms with van der Waals surface area (Å²) in [7, 11) is 0. The third-order valence-corrected chi connectivity index (χ3v) is 0.815. The van der Waals surface area contributed by atoms with Crippen molar-refractivity contribution in [1.82, 2.24) is 4.98 Å². The fraction of sp³-hybridized carbons (Fsp3) is 0. The molecule has 1 heterocycles. The van der Waals surface area contributed by atoms with E-state index >= 15 is 0 Å². The van der Waals surface area contributed by atoms with E-state index in [0.717, 1.165) is 0 Å². The molecule has 0 aliphatic heterocycles. The Balaban J connectivity index is 2.80. The van der Waals surface area contributed by atoms with Crippen molar-refractivity contribution in [3.63, 3.8) is 0 Å². The van der Waals surface area contributed by atoms with E-state index < -0.39 is 0 Å². The van der Waals surface area contributed by atoms with Crippen molar-refractivity contribution in [3.05, 3.63) is 12.5 Å². The number of oxazole rings is 1. The van der Waals surface area contributed by atoms with Gasteiger partial charge in [-0.1, -0.05) is 0 Å². The summed E-state index contributed by atoms with van der Waals surface area (Å²) in [5.74, 6) is 0. The van der Waals surface area contributed by atoms with E-state index in [4.69, 9.17) is 4.42 Å². The number of nitrogens with zero attached hydrogens (tertiary/aromatic N) is 2. The molecule has 0 unspecified atom stereocenters. The highest BCUT2D eigenvalue weighted by molar-refractivity contribution is 8.23. The van der Waals surface area contributed by atoms with Crippen LogP contribution in [0.4, 0.5) is 6.01 Å². The minimum atomic E-state index is 0.273. The van der Waals surface area contributed by atoms with Gasteiger partial charge in [-0.15, -0.1) is 25.3 Å². The van der Waals surface area contributed by atoms with E-state index in [1.807, 2.05) is 0 Å². The molecule has 0 radical (unpaired) electrons. The lowest BCUT2D eigenvalue weighted by Gasteiger charge is -1.80. The Morgan fingerprint density at radius 3 is 2.89 bits per heavy atom. The van der Waals surface area contributed by atoms with Gasteiger partial charge in [0, 0.05) is 0 Å². The molecule has 0 aromatic carbocycles. The van der Waals surface area contributed by atoms with Crippen LogP contribution < -0.4 is 0 Å². The van der Waals surface area contributed by atoms with E-state index in [9.17, 15) is 0 Å². The molecule has 9 heavy (non-hydrogen) atoms. The topological polar surface area (TPSA) is 38.4 Å². The van der Waals surface area contributed by atoms with Gasteiger partial charge < -0.3 is 4.42 Å². The zero-order chi connectivity index (χ0) is 6.69. The summed E-state index contributed by atoms with van der Waals surface area (Å²) in [4.78, 5) is 7.39. The number of thiol groups is 2. The number of hydrogen-bond acceptors (Lipinski definition) is 3. The summed E-state index contributed by atoms with van der Waals surface area (Å²) in [6, 6.07) is 0.273. The number of aromatic nitrogens is 1. The maximum Gasteiger partial charge on any atom is 0.323 e. The molecule has 0 N–H and O–H groups in total. The average molecular weight is 160 g/mol. The lowest BCUT2D eigenvalue weighted by molar-refractivity contribution is 0.570. The van der Waals surface area contributed by atoms with Gasteiger partial charge in [0.05, 0.1) is 6.20 Å². The Bertz CT molecular complexity index is 202. The Hall–Kier alpha value is -0.420. The number of hydrogen-bond donors (Lipinski definition) is 2. The van der Waals surface area contributed by atoms with Gasteiger partial charge >= 0.3 is 6.01 Å². The van der Waals surface area contributed by atoms with Gasteiger partial charge in [0.1, 0.15) is 10.6 Å². The molecule has 0 fully saturated rings. The van der Waals surface area contributed by atoms with E-state index in [-0.39, 0.29) is 6.01 Å². The molecule has 0 saturated carbocycles. The molecule has 3 nitrogen and oxygen atoms in total. The second kappa shape index (κ2) is 2.93. The zero-order valence-electron chi connectivity index (χ0n) is 4.35. The van der Waals surface area contributed by atoms with Crippen LogP contribution in [0.25, 0.3) is 0 Å². The molecule has 1 aromatic rings. The molecule has 0 amide bonds. The highest BCUT2D eigenvalue weighted by Gasteiger charge is 1.90. The lowest BCUT2D eigenvalue weighted by Crippen LogP contribution is -1.67. The van der Waals surface area contributed by atoms with Crippen LogP contribution in [-0.2, 0) is 0 Å². The van der Waals surface area contributed by atoms with Gasteiger partial charge in [-0.2, -0.15) is 4.99 Å². The lowest BCUT2D eigenvalue weighted by atomic mass is 11.0. The van der Waals surface area contributed by atoms with Crippen molar-refractivity contribution in [3.8, 4) is 0 Å². The van der Waals surface area contributed by atoms with E-state index in [1.165, 1.54) is 12.5 Å². The van der Waals surface area contributed by atoms with Crippen molar-refractivity contribution in [2.45, 2.75) is 0 Å². The third kappa shape index (κ3) is 2.11. The van der Waals surface area contributed by atoms with Crippen LogP contribution >= 0.6 is 25.3 Å². The van der Waals surface area contributed by atoms with Crippen molar-refractivity contribution in [1.29, 1.82) is 0 Å². The second-order valence-electron chi connectivity index (χ2n) is 1.23. The van der Waals surface area contributed by atoms with Crippen LogP contribution in [0.2, 0.25) is 0 Å². The molecule has 0 aliphatic rings. The summed E-state index contributed by atoms with van der Waals surface area (Å²) in [6.45, 7) is 0. The first-order chi connectivity index (χ1) is 4.29. The van der Waals surface area contributed by atoms with Crippen molar-refractivity contribution in [2.75, 3.05) is 0 Å². The van der Waals surface area contributed by atoms with Crippen LogP contribution in [-0.4, -0.2) is 9.36 Å². The van der Waals surface area contributed by atoms with Crippen LogP contribution in [0.1, 0.15) is 0 Å². The molecule has 48 valence electrons. The van der Waals surface area contributed by atoms with E-state index in [2.05, 4.69) is 35.2 Å². The monoisotopic (exact) mass is 160 g/mol. The quantitative estimate of drug-likeness (QED) is 0.371. The Labute approximate surface area is 63.0 Å². The molecule has 1 rings (SSSR count). The Morgan fingerprint density at radius 2 is 2.44 bits per heavy atom. The molecule has 0 aliphatic carbocycles. The maximum absolute atomic E-state index is 4.75. The Kier molecular flexibility index (Phi) is 2.18. The van der Waals surface area contributed by atoms with E-state index in [0.29, 0.717) is 4.38 Å². The molecule has 5 heteroatoms. The van der Waals surface area contributed by atoms with Gasteiger partial charge in [-0.3, -0.25) is 0 Å². The fourth-order valence-corrected chi connectivity index (χ4v) is 0.528. The summed E-state index contributed by atoms with van der Waals surface area (Å²) in [6.07, 6.45) is 2.94. The van der Waals surface area contributed by atoms with Gasteiger partial charge in [0.15, 0.2) is 0 Å². The van der Waals surface area contributed by atoms with Gasteiger partial charge in [0.25, 0.3) is 0 Å². The third-order valence-electron chi connectivity index (χ3n) is 0.615. The van der Waals surface area contributed by atoms with Crippen molar-refractivity contribution in [2.24, 2.45) is 4.99 Å². The molecule has 0 atom stereocenters. The van der Waals surface area contributed by atoms with Crippen molar-refractivity contribution < 1.29 is 4.42 Å². The van der Waals surface area contributed by atoms with Crippen LogP contribution in [0.3, 0.4) is 0 Å². The fourth-order valence-electron chi connectivity index (χ4n) is 0.357. The SMILES string of the molecule is SC(S)=Nc1ncco1. The van der Waals surface area contributed by atoms with Gasteiger partial charge in [-0.05, 0) is 0 Å². The predicted molar refractivity (Wildman–Crippen MR) is 41.6 cm³/mol. The smallest absolute Gasteiger partial charge is 0.323 e. The van der Waals surface area contributed by atoms with Gasteiger partial charge in [-0.25, -0.2) is 4.98 Å². The largest absolute Gasteiger partial charge is 0.431 e. The van der Waals surface area contributed by atoms with Crippen LogP contribution in [0.5, 0.6) is 0 Å². The summed E-state index contributed by atoms with van der Waals surface area (Å²) < 4.78 is 5.08. The van der Waals surface area contributed by atoms with Gasteiger partial charge in [0.2, 0.25) is 0 Å². The average Bonchev–Trinajstić information content (AvgIpc) is 2.15. The molecule has 0 saturated heterocycles. The highest BCUT2D eigenvalue weighted by Crippen LogP contribution is 2.08. The van der Waals surface area contributed by atoms with Crippen LogP contribution in [0, 0.1) is 0 Å². The Morgan fingerprint density at radius 1 is 1.67 bits per heavy atom. The summed E-state index contributed by atoms with van der Waals surface area (Å²) >= 11 is 7.60. The molecule has 1 aromatic heterocycles. The molecular weight excluding hydrogens is 156 g/mol. The normalized spacial score (nSPS) is 9.11. The molecular formula is C4H4N2OS2. The second-order valence-corrected chi connectivity index (χ2v) is 2.43. The molecule has 0 bridgehead atoms. The maximum atomic E-state index is 4.75. The van der Waals surface area contributed by atoms with E-state index in [1.54, 1.807) is 0 Å². The first-order valence-corrected chi connectivity index (χ1v) is 3.04.